The normalized spacial score (nSPS) is 10.3. The predicted molar refractivity (Wildman–Crippen MR) is 117 cm³/mol. The minimum Gasteiger partial charge on any atom is -0.497 e. The quantitative estimate of drug-likeness (QED) is 0.458. The van der Waals surface area contributed by atoms with Crippen molar-refractivity contribution in [2.24, 2.45) is 0 Å². The summed E-state index contributed by atoms with van der Waals surface area (Å²) in [6, 6.07) is 22.4. The zero-order chi connectivity index (χ0) is 21.6. The lowest BCUT2D eigenvalue weighted by molar-refractivity contribution is 0.413. The molecule has 0 fully saturated rings. The number of nitrogens with zero attached hydrogens (tertiary/aromatic N) is 5. The van der Waals surface area contributed by atoms with Gasteiger partial charge in [0.15, 0.2) is 0 Å². The Morgan fingerprint density at radius 3 is 2.29 bits per heavy atom. The molecule has 8 nitrogen and oxygen atoms in total. The van der Waals surface area contributed by atoms with Gasteiger partial charge in [0.1, 0.15) is 36.0 Å². The third-order valence-electron chi connectivity index (χ3n) is 4.67. The second-order valence-corrected chi connectivity index (χ2v) is 6.71. The van der Waals surface area contributed by atoms with Crippen molar-refractivity contribution < 1.29 is 9.47 Å². The van der Waals surface area contributed by atoms with Gasteiger partial charge in [0.05, 0.1) is 24.9 Å². The average molecular weight is 412 g/mol. The van der Waals surface area contributed by atoms with Crippen LogP contribution >= 0.6 is 0 Å². The second kappa shape index (κ2) is 8.88. The number of nitrogen functional groups attached to an aromatic ring is 1. The number of anilines is 2. The largest absolute Gasteiger partial charge is 0.497 e. The minimum atomic E-state index is 0.427. The van der Waals surface area contributed by atoms with Crippen LogP contribution in [0.15, 0.2) is 79.4 Å². The first-order valence-corrected chi connectivity index (χ1v) is 9.49. The van der Waals surface area contributed by atoms with Gasteiger partial charge in [-0.2, -0.15) is 5.26 Å². The molecule has 1 aromatic heterocycles. The van der Waals surface area contributed by atoms with Crippen LogP contribution in [0.25, 0.3) is 0 Å². The molecule has 3 aromatic carbocycles. The molecule has 4 aromatic rings. The van der Waals surface area contributed by atoms with Gasteiger partial charge in [0, 0.05) is 11.8 Å². The molecule has 0 amide bonds. The van der Waals surface area contributed by atoms with E-state index in [9.17, 15) is 5.26 Å². The molecule has 0 atom stereocenters. The lowest BCUT2D eigenvalue weighted by atomic mass is 10.1. The molecular weight excluding hydrogens is 392 g/mol. The number of ether oxygens (including phenoxy) is 2. The van der Waals surface area contributed by atoms with Gasteiger partial charge < -0.3 is 15.2 Å². The highest BCUT2D eigenvalue weighted by atomic mass is 16.5. The Balaban J connectivity index is 1.68. The van der Waals surface area contributed by atoms with E-state index < -0.39 is 0 Å². The topological polar surface area (TPSA) is 102 Å². The molecule has 0 bridgehead atoms. The zero-order valence-electron chi connectivity index (χ0n) is 16.8. The van der Waals surface area contributed by atoms with Crippen LogP contribution in [0.1, 0.15) is 11.1 Å². The first kappa shape index (κ1) is 19.8. The average Bonchev–Trinajstić information content (AvgIpc) is 3.34. The summed E-state index contributed by atoms with van der Waals surface area (Å²) in [7, 11) is 1.60. The van der Waals surface area contributed by atoms with E-state index in [-0.39, 0.29) is 0 Å². The van der Waals surface area contributed by atoms with Crippen LogP contribution in [0.5, 0.6) is 17.2 Å². The van der Waals surface area contributed by atoms with Crippen molar-refractivity contribution in [2.45, 2.75) is 6.54 Å². The molecule has 0 spiro atoms. The standard InChI is InChI=1S/C23H20N6O2/c1-30-21-8-10-22(11-9-21)31-23-12-20(7-4-18(23)13-24)29(28-15-26-27-16-28)14-17-2-5-19(25)6-3-17/h2-12,15-16H,14,25H2,1H3. The number of nitriles is 1. The van der Waals surface area contributed by atoms with Gasteiger partial charge in [-0.05, 0) is 54.1 Å². The molecule has 8 heteroatoms. The van der Waals surface area contributed by atoms with Crippen LogP contribution in [0.2, 0.25) is 0 Å². The van der Waals surface area contributed by atoms with E-state index in [0.717, 1.165) is 17.0 Å². The SMILES string of the molecule is COc1ccc(Oc2cc(N(Cc3ccc(N)cc3)n3cnnc3)ccc2C#N)cc1. The van der Waals surface area contributed by atoms with Crippen molar-refractivity contribution >= 4 is 11.4 Å². The van der Waals surface area contributed by atoms with E-state index in [1.165, 1.54) is 0 Å². The molecule has 0 aliphatic heterocycles. The summed E-state index contributed by atoms with van der Waals surface area (Å²) >= 11 is 0. The summed E-state index contributed by atoms with van der Waals surface area (Å²) in [5, 5.41) is 19.4. The van der Waals surface area contributed by atoms with Gasteiger partial charge in [-0.15, -0.1) is 10.2 Å². The van der Waals surface area contributed by atoms with Gasteiger partial charge in [0.25, 0.3) is 0 Å². The summed E-state index contributed by atoms with van der Waals surface area (Å²) in [4.78, 5) is 0. The van der Waals surface area contributed by atoms with E-state index in [0.29, 0.717) is 29.3 Å². The fourth-order valence-corrected chi connectivity index (χ4v) is 3.04. The number of hydrogen-bond acceptors (Lipinski definition) is 7. The maximum atomic E-state index is 9.55. The van der Waals surface area contributed by atoms with Gasteiger partial charge in [-0.1, -0.05) is 12.1 Å². The summed E-state index contributed by atoms with van der Waals surface area (Å²) in [6.07, 6.45) is 3.22. The van der Waals surface area contributed by atoms with Crippen molar-refractivity contribution in [1.82, 2.24) is 14.9 Å². The highest BCUT2D eigenvalue weighted by molar-refractivity contribution is 5.58. The van der Waals surface area contributed by atoms with Gasteiger partial charge in [-0.3, -0.25) is 5.01 Å². The Morgan fingerprint density at radius 1 is 0.968 bits per heavy atom. The Bertz CT molecular complexity index is 1180. The molecule has 2 N–H and O–H groups in total. The summed E-state index contributed by atoms with van der Waals surface area (Å²) in [5.74, 6) is 1.77. The maximum absolute atomic E-state index is 9.55. The van der Waals surface area contributed by atoms with Crippen LogP contribution in [0.3, 0.4) is 0 Å². The fraction of sp³-hybridized carbons (Fsp3) is 0.0870. The lowest BCUT2D eigenvalue weighted by Gasteiger charge is -2.25. The summed E-state index contributed by atoms with van der Waals surface area (Å²) < 4.78 is 13.0. The number of nitrogens with two attached hydrogens (primary N) is 1. The fourth-order valence-electron chi connectivity index (χ4n) is 3.04. The maximum Gasteiger partial charge on any atom is 0.147 e. The number of hydrogen-bond donors (Lipinski definition) is 1. The van der Waals surface area contributed by atoms with E-state index in [1.54, 1.807) is 54.8 Å². The molecule has 0 radical (unpaired) electrons. The minimum absolute atomic E-state index is 0.427. The highest BCUT2D eigenvalue weighted by Gasteiger charge is 2.14. The number of rotatable bonds is 7. The zero-order valence-corrected chi connectivity index (χ0v) is 16.8. The molecule has 1 heterocycles. The Kier molecular flexibility index (Phi) is 5.67. The Hall–Kier alpha value is -4.51. The monoisotopic (exact) mass is 412 g/mol. The molecule has 31 heavy (non-hydrogen) atoms. The van der Waals surface area contributed by atoms with E-state index in [4.69, 9.17) is 15.2 Å². The van der Waals surface area contributed by atoms with E-state index >= 15 is 0 Å². The van der Waals surface area contributed by atoms with Gasteiger partial charge in [0.2, 0.25) is 0 Å². The third kappa shape index (κ3) is 4.57. The van der Waals surface area contributed by atoms with Gasteiger partial charge >= 0.3 is 0 Å². The number of aromatic nitrogens is 3. The molecule has 4 rings (SSSR count). The molecule has 0 aliphatic rings. The molecule has 0 aliphatic carbocycles. The van der Waals surface area contributed by atoms with Crippen LogP contribution in [-0.4, -0.2) is 22.0 Å². The first-order chi connectivity index (χ1) is 15.2. The molecule has 0 saturated carbocycles. The highest BCUT2D eigenvalue weighted by Crippen LogP contribution is 2.31. The first-order valence-electron chi connectivity index (χ1n) is 9.49. The Morgan fingerprint density at radius 2 is 1.65 bits per heavy atom. The van der Waals surface area contributed by atoms with Crippen molar-refractivity contribution in [2.75, 3.05) is 17.9 Å². The number of benzene rings is 3. The predicted octanol–water partition coefficient (Wildman–Crippen LogP) is 4.00. The van der Waals surface area contributed by atoms with Crippen LogP contribution in [-0.2, 0) is 6.54 Å². The molecule has 0 unspecified atom stereocenters. The van der Waals surface area contributed by atoms with Crippen molar-refractivity contribution in [3.05, 3.63) is 90.5 Å². The Labute approximate surface area is 179 Å². The van der Waals surface area contributed by atoms with Crippen molar-refractivity contribution in [3.8, 4) is 23.3 Å². The molecule has 0 saturated heterocycles. The van der Waals surface area contributed by atoms with E-state index in [1.807, 2.05) is 41.4 Å². The summed E-state index contributed by atoms with van der Waals surface area (Å²) in [6.45, 7) is 0.534. The molecule has 154 valence electrons. The molecular formula is C23H20N6O2. The second-order valence-electron chi connectivity index (χ2n) is 6.71. The van der Waals surface area contributed by atoms with Crippen molar-refractivity contribution in [3.63, 3.8) is 0 Å². The van der Waals surface area contributed by atoms with Crippen LogP contribution in [0, 0.1) is 11.3 Å². The van der Waals surface area contributed by atoms with Crippen molar-refractivity contribution in [1.29, 1.82) is 5.26 Å². The smallest absolute Gasteiger partial charge is 0.147 e. The van der Waals surface area contributed by atoms with Crippen LogP contribution in [0.4, 0.5) is 11.4 Å². The third-order valence-corrected chi connectivity index (χ3v) is 4.67. The summed E-state index contributed by atoms with van der Waals surface area (Å²) in [5.41, 5.74) is 8.79. The van der Waals surface area contributed by atoms with E-state index in [2.05, 4.69) is 16.3 Å². The number of methoxy groups -OCH3 is 1. The van der Waals surface area contributed by atoms with Gasteiger partial charge in [-0.25, -0.2) is 4.68 Å². The van der Waals surface area contributed by atoms with Crippen LogP contribution < -0.4 is 20.2 Å². The lowest BCUT2D eigenvalue weighted by Crippen LogP contribution is -2.27.